The number of hydrogen-bond acceptors (Lipinski definition) is 4. The van der Waals surface area contributed by atoms with Gasteiger partial charge in [-0.15, -0.1) is 11.3 Å². The maximum atomic E-state index is 11.8. The van der Waals surface area contributed by atoms with E-state index in [1.165, 1.54) is 22.5 Å². The third-order valence-corrected chi connectivity index (χ3v) is 4.07. The van der Waals surface area contributed by atoms with Crippen LogP contribution < -0.4 is 11.1 Å². The highest BCUT2D eigenvalue weighted by atomic mass is 32.1. The summed E-state index contributed by atoms with van der Waals surface area (Å²) in [5, 5.41) is 5.42. The monoisotopic (exact) mass is 303 g/mol. The molecule has 0 spiro atoms. The zero-order valence-corrected chi connectivity index (χ0v) is 13.1. The summed E-state index contributed by atoms with van der Waals surface area (Å²) in [4.78, 5) is 15.9. The Morgan fingerprint density at radius 3 is 2.57 bits per heavy atom. The SMILES string of the molecule is CCc1ccc(CCC(=O)NCCc2csc(N)n2)cc1. The van der Waals surface area contributed by atoms with Gasteiger partial charge in [0.2, 0.25) is 5.91 Å². The van der Waals surface area contributed by atoms with E-state index in [0.29, 0.717) is 18.1 Å². The Bertz CT molecular complexity index is 577. The number of carbonyl (C=O) groups is 1. The number of nitrogens with zero attached hydrogens (tertiary/aromatic N) is 1. The number of hydrogen-bond donors (Lipinski definition) is 2. The van der Waals surface area contributed by atoms with E-state index < -0.39 is 0 Å². The third kappa shape index (κ3) is 5.19. The van der Waals surface area contributed by atoms with E-state index >= 15 is 0 Å². The van der Waals surface area contributed by atoms with Crippen molar-refractivity contribution in [3.8, 4) is 0 Å². The molecule has 0 aliphatic carbocycles. The summed E-state index contributed by atoms with van der Waals surface area (Å²) in [6.45, 7) is 2.75. The molecule has 0 aliphatic rings. The van der Waals surface area contributed by atoms with Gasteiger partial charge in [0.15, 0.2) is 5.13 Å². The zero-order valence-electron chi connectivity index (χ0n) is 12.3. The Hall–Kier alpha value is -1.88. The first-order valence-corrected chi connectivity index (χ1v) is 8.09. The van der Waals surface area contributed by atoms with Crippen molar-refractivity contribution < 1.29 is 4.79 Å². The van der Waals surface area contributed by atoms with E-state index in [2.05, 4.69) is 41.5 Å². The molecule has 1 aromatic heterocycles. The van der Waals surface area contributed by atoms with Crippen molar-refractivity contribution in [2.75, 3.05) is 12.3 Å². The molecule has 0 saturated heterocycles. The summed E-state index contributed by atoms with van der Waals surface area (Å²) < 4.78 is 0. The van der Waals surface area contributed by atoms with Gasteiger partial charge < -0.3 is 11.1 Å². The zero-order chi connectivity index (χ0) is 15.1. The standard InChI is InChI=1S/C16H21N3OS/c1-2-12-3-5-13(6-4-12)7-8-15(20)18-10-9-14-11-21-16(17)19-14/h3-6,11H,2,7-10H2,1H3,(H2,17,19)(H,18,20). The van der Waals surface area contributed by atoms with E-state index in [-0.39, 0.29) is 5.91 Å². The van der Waals surface area contributed by atoms with Gasteiger partial charge >= 0.3 is 0 Å². The van der Waals surface area contributed by atoms with Crippen molar-refractivity contribution in [2.24, 2.45) is 0 Å². The fourth-order valence-corrected chi connectivity index (χ4v) is 2.65. The van der Waals surface area contributed by atoms with Crippen molar-refractivity contribution in [1.82, 2.24) is 10.3 Å². The van der Waals surface area contributed by atoms with Crippen molar-refractivity contribution in [3.63, 3.8) is 0 Å². The first-order valence-electron chi connectivity index (χ1n) is 7.21. The molecule has 5 heteroatoms. The maximum Gasteiger partial charge on any atom is 0.220 e. The van der Waals surface area contributed by atoms with Crippen LogP contribution in [0.1, 0.15) is 30.2 Å². The molecule has 1 aromatic carbocycles. The Labute approximate surface area is 129 Å². The van der Waals surface area contributed by atoms with E-state index in [1.807, 2.05) is 5.38 Å². The molecule has 0 saturated carbocycles. The number of anilines is 1. The Morgan fingerprint density at radius 1 is 1.24 bits per heavy atom. The number of aryl methyl sites for hydroxylation is 2. The number of thiazole rings is 1. The van der Waals surface area contributed by atoms with Crippen molar-refractivity contribution in [3.05, 3.63) is 46.5 Å². The number of aromatic nitrogens is 1. The number of benzene rings is 1. The van der Waals surface area contributed by atoms with Gasteiger partial charge in [-0.05, 0) is 24.0 Å². The van der Waals surface area contributed by atoms with Crippen LogP contribution in [0.5, 0.6) is 0 Å². The van der Waals surface area contributed by atoms with Gasteiger partial charge in [-0.1, -0.05) is 31.2 Å². The Balaban J connectivity index is 1.67. The molecular weight excluding hydrogens is 282 g/mol. The van der Waals surface area contributed by atoms with E-state index in [0.717, 1.165) is 25.0 Å². The van der Waals surface area contributed by atoms with Gasteiger partial charge in [0, 0.05) is 24.8 Å². The molecular formula is C16H21N3OS. The molecule has 3 N–H and O–H groups in total. The number of nitrogen functional groups attached to an aromatic ring is 1. The second-order valence-electron chi connectivity index (χ2n) is 4.95. The summed E-state index contributed by atoms with van der Waals surface area (Å²) in [5.74, 6) is 0.0813. The lowest BCUT2D eigenvalue weighted by Crippen LogP contribution is -2.25. The minimum absolute atomic E-state index is 0.0813. The molecule has 0 fully saturated rings. The van der Waals surface area contributed by atoms with Gasteiger partial charge in [-0.2, -0.15) is 0 Å². The topological polar surface area (TPSA) is 68.0 Å². The minimum Gasteiger partial charge on any atom is -0.375 e. The molecule has 0 atom stereocenters. The van der Waals surface area contributed by atoms with Crippen LogP contribution in [0.15, 0.2) is 29.6 Å². The van der Waals surface area contributed by atoms with Gasteiger partial charge in [-0.3, -0.25) is 4.79 Å². The fourth-order valence-electron chi connectivity index (χ4n) is 2.06. The third-order valence-electron chi connectivity index (χ3n) is 3.34. The van der Waals surface area contributed by atoms with E-state index in [4.69, 9.17) is 5.73 Å². The smallest absolute Gasteiger partial charge is 0.220 e. The summed E-state index contributed by atoms with van der Waals surface area (Å²) in [7, 11) is 0. The van der Waals surface area contributed by atoms with Crippen LogP contribution in [0.3, 0.4) is 0 Å². The Kier molecular flexibility index (Phi) is 5.75. The summed E-state index contributed by atoms with van der Waals surface area (Å²) >= 11 is 1.43. The molecule has 4 nitrogen and oxygen atoms in total. The van der Waals surface area contributed by atoms with Crippen LogP contribution in [0.4, 0.5) is 5.13 Å². The quantitative estimate of drug-likeness (QED) is 0.826. The number of nitrogens with one attached hydrogen (secondary N) is 1. The molecule has 21 heavy (non-hydrogen) atoms. The van der Waals surface area contributed by atoms with Crippen LogP contribution in [0, 0.1) is 0 Å². The van der Waals surface area contributed by atoms with Gasteiger partial charge in [0.25, 0.3) is 0 Å². The molecule has 1 amide bonds. The summed E-state index contributed by atoms with van der Waals surface area (Å²) in [6.07, 6.45) is 3.07. The van der Waals surface area contributed by atoms with Gasteiger partial charge in [0.05, 0.1) is 5.69 Å². The molecule has 0 unspecified atom stereocenters. The number of rotatable bonds is 7. The highest BCUT2D eigenvalue weighted by molar-refractivity contribution is 7.13. The average molecular weight is 303 g/mol. The van der Waals surface area contributed by atoms with E-state index in [9.17, 15) is 4.79 Å². The van der Waals surface area contributed by atoms with Crippen LogP contribution in [-0.4, -0.2) is 17.4 Å². The molecule has 0 bridgehead atoms. The molecule has 0 radical (unpaired) electrons. The highest BCUT2D eigenvalue weighted by Crippen LogP contribution is 2.11. The lowest BCUT2D eigenvalue weighted by atomic mass is 10.1. The lowest BCUT2D eigenvalue weighted by Gasteiger charge is -2.05. The highest BCUT2D eigenvalue weighted by Gasteiger charge is 2.03. The number of amides is 1. The van der Waals surface area contributed by atoms with Crippen LogP contribution >= 0.6 is 11.3 Å². The van der Waals surface area contributed by atoms with Crippen LogP contribution in [0.25, 0.3) is 0 Å². The predicted molar refractivity (Wildman–Crippen MR) is 87.4 cm³/mol. The molecule has 1 heterocycles. The minimum atomic E-state index is 0.0813. The Morgan fingerprint density at radius 2 is 1.95 bits per heavy atom. The van der Waals surface area contributed by atoms with Crippen LogP contribution in [0.2, 0.25) is 0 Å². The van der Waals surface area contributed by atoms with Gasteiger partial charge in [-0.25, -0.2) is 4.98 Å². The largest absolute Gasteiger partial charge is 0.375 e. The average Bonchev–Trinajstić information content (AvgIpc) is 2.91. The number of nitrogens with two attached hydrogens (primary N) is 1. The van der Waals surface area contributed by atoms with Crippen LogP contribution in [-0.2, 0) is 24.1 Å². The molecule has 112 valence electrons. The second kappa shape index (κ2) is 7.78. The second-order valence-corrected chi connectivity index (χ2v) is 5.84. The molecule has 0 aliphatic heterocycles. The van der Waals surface area contributed by atoms with E-state index in [1.54, 1.807) is 0 Å². The van der Waals surface area contributed by atoms with Crippen molar-refractivity contribution in [1.29, 1.82) is 0 Å². The van der Waals surface area contributed by atoms with Crippen molar-refractivity contribution in [2.45, 2.75) is 32.6 Å². The van der Waals surface area contributed by atoms with Crippen molar-refractivity contribution >= 4 is 22.4 Å². The maximum absolute atomic E-state index is 11.8. The molecule has 2 aromatic rings. The molecule has 2 rings (SSSR count). The fraction of sp³-hybridized carbons (Fsp3) is 0.375. The summed E-state index contributed by atoms with van der Waals surface area (Å²) in [5.41, 5.74) is 9.03. The first kappa shape index (κ1) is 15.5. The van der Waals surface area contributed by atoms with Gasteiger partial charge in [0.1, 0.15) is 0 Å². The normalized spacial score (nSPS) is 10.5. The first-order chi connectivity index (χ1) is 10.2. The summed E-state index contributed by atoms with van der Waals surface area (Å²) in [6, 6.07) is 8.45. The lowest BCUT2D eigenvalue weighted by molar-refractivity contribution is -0.121. The number of carbonyl (C=O) groups excluding carboxylic acids is 1. The predicted octanol–water partition coefficient (Wildman–Crippen LogP) is 2.58.